The highest BCUT2D eigenvalue weighted by Crippen LogP contribution is 2.42. The average molecular weight is 305 g/mol. The Morgan fingerprint density at radius 2 is 2.00 bits per heavy atom. The van der Waals surface area contributed by atoms with Gasteiger partial charge < -0.3 is 10.5 Å². The van der Waals surface area contributed by atoms with Crippen LogP contribution in [-0.2, 0) is 5.41 Å². The molecular weight excluding hydrogens is 285 g/mol. The van der Waals surface area contributed by atoms with Crippen LogP contribution >= 0.6 is 11.3 Å². The van der Waals surface area contributed by atoms with E-state index in [-0.39, 0.29) is 23.4 Å². The first-order valence-corrected chi connectivity index (χ1v) is 7.98. The molecule has 0 saturated heterocycles. The number of halogens is 1. The van der Waals surface area contributed by atoms with Gasteiger partial charge in [-0.25, -0.2) is 4.39 Å². The molecule has 2 heterocycles. The molecule has 0 amide bonds. The van der Waals surface area contributed by atoms with Crippen molar-refractivity contribution in [3.05, 3.63) is 51.5 Å². The van der Waals surface area contributed by atoms with Gasteiger partial charge in [-0.1, -0.05) is 26.8 Å². The first-order chi connectivity index (χ1) is 9.84. The summed E-state index contributed by atoms with van der Waals surface area (Å²) >= 11 is 1.75. The van der Waals surface area contributed by atoms with Gasteiger partial charge in [-0.15, -0.1) is 11.3 Å². The minimum atomic E-state index is -0.289. The van der Waals surface area contributed by atoms with E-state index in [1.54, 1.807) is 17.4 Å². The lowest BCUT2D eigenvalue weighted by Gasteiger charge is -2.29. The van der Waals surface area contributed by atoms with Crippen molar-refractivity contribution < 1.29 is 9.13 Å². The molecule has 1 aromatic heterocycles. The van der Waals surface area contributed by atoms with Crippen molar-refractivity contribution in [1.29, 1.82) is 0 Å². The maximum absolute atomic E-state index is 13.4. The van der Waals surface area contributed by atoms with E-state index in [1.165, 1.54) is 17.0 Å². The summed E-state index contributed by atoms with van der Waals surface area (Å²) in [5.41, 5.74) is 7.24. The normalized spacial score (nSPS) is 21.8. The van der Waals surface area contributed by atoms with Gasteiger partial charge in [0.1, 0.15) is 17.7 Å². The predicted molar refractivity (Wildman–Crippen MR) is 84.3 cm³/mol. The number of thiophene rings is 1. The van der Waals surface area contributed by atoms with Crippen LogP contribution in [0.15, 0.2) is 30.3 Å². The van der Waals surface area contributed by atoms with Crippen LogP contribution in [0.2, 0.25) is 0 Å². The van der Waals surface area contributed by atoms with Crippen LogP contribution in [0.3, 0.4) is 0 Å². The zero-order chi connectivity index (χ0) is 15.2. The maximum Gasteiger partial charge on any atom is 0.135 e. The fourth-order valence-corrected chi connectivity index (χ4v) is 3.69. The molecule has 4 heteroatoms. The minimum absolute atomic E-state index is 0.0876. The van der Waals surface area contributed by atoms with Gasteiger partial charge in [0.25, 0.3) is 0 Å². The molecule has 1 unspecified atom stereocenters. The summed E-state index contributed by atoms with van der Waals surface area (Å²) < 4.78 is 19.4. The molecule has 0 bridgehead atoms. The largest absolute Gasteiger partial charge is 0.484 e. The highest BCUT2D eigenvalue weighted by molar-refractivity contribution is 7.12. The van der Waals surface area contributed by atoms with Gasteiger partial charge in [0.2, 0.25) is 0 Å². The molecule has 0 saturated carbocycles. The van der Waals surface area contributed by atoms with Crippen LogP contribution in [0.25, 0.3) is 0 Å². The van der Waals surface area contributed by atoms with E-state index in [0.29, 0.717) is 5.75 Å². The fraction of sp³-hybridized carbons (Fsp3) is 0.412. The highest BCUT2D eigenvalue weighted by Gasteiger charge is 2.29. The van der Waals surface area contributed by atoms with Gasteiger partial charge in [0.05, 0.1) is 0 Å². The molecule has 112 valence electrons. The summed E-state index contributed by atoms with van der Waals surface area (Å²) in [6.45, 7) is 6.59. The van der Waals surface area contributed by atoms with Gasteiger partial charge in [-0.05, 0) is 23.6 Å². The van der Waals surface area contributed by atoms with E-state index >= 15 is 0 Å². The van der Waals surface area contributed by atoms with Crippen LogP contribution in [0.1, 0.15) is 54.7 Å². The number of hydrogen-bond acceptors (Lipinski definition) is 3. The summed E-state index contributed by atoms with van der Waals surface area (Å²) in [6.07, 6.45) is 0.637. The van der Waals surface area contributed by atoms with E-state index in [1.807, 2.05) is 0 Å². The second-order valence-electron chi connectivity index (χ2n) is 6.58. The van der Waals surface area contributed by atoms with Crippen molar-refractivity contribution in [3.63, 3.8) is 0 Å². The van der Waals surface area contributed by atoms with Gasteiger partial charge in [0, 0.05) is 33.8 Å². The smallest absolute Gasteiger partial charge is 0.135 e. The number of fused-ring (bicyclic) bond motifs is 1. The van der Waals surface area contributed by atoms with Crippen molar-refractivity contribution in [2.24, 2.45) is 5.73 Å². The number of ether oxygens (including phenoxy) is 1. The molecule has 2 atom stereocenters. The van der Waals surface area contributed by atoms with E-state index in [9.17, 15) is 4.39 Å². The molecule has 1 aromatic carbocycles. The summed E-state index contributed by atoms with van der Waals surface area (Å²) in [7, 11) is 0. The average Bonchev–Trinajstić information content (AvgIpc) is 2.87. The van der Waals surface area contributed by atoms with Crippen molar-refractivity contribution >= 4 is 11.3 Å². The first-order valence-electron chi connectivity index (χ1n) is 7.16. The standard InChI is InChI=1S/C17H20FNOS/c1-17(2,3)16-7-6-15(21-16)14-9-12(19)11-5-4-10(18)8-13(11)20-14/h4-8,12,14H,9,19H2,1-3H3/t12-,14?/m0/s1. The molecule has 2 nitrogen and oxygen atoms in total. The fourth-order valence-electron chi connectivity index (χ4n) is 2.58. The van der Waals surface area contributed by atoms with E-state index < -0.39 is 0 Å². The van der Waals surface area contributed by atoms with E-state index in [0.717, 1.165) is 16.9 Å². The van der Waals surface area contributed by atoms with E-state index in [2.05, 4.69) is 32.9 Å². The Hall–Kier alpha value is -1.39. The minimum Gasteiger partial charge on any atom is -0.484 e. The molecule has 2 aromatic rings. The molecule has 0 fully saturated rings. The molecule has 0 spiro atoms. The topological polar surface area (TPSA) is 35.2 Å². The molecule has 21 heavy (non-hydrogen) atoms. The number of rotatable bonds is 1. The molecule has 3 rings (SSSR count). The Labute approximate surface area is 128 Å². The summed E-state index contributed by atoms with van der Waals surface area (Å²) in [5, 5.41) is 0. The number of hydrogen-bond donors (Lipinski definition) is 1. The second-order valence-corrected chi connectivity index (χ2v) is 7.70. The lowest BCUT2D eigenvalue weighted by molar-refractivity contribution is 0.164. The Morgan fingerprint density at radius 3 is 2.67 bits per heavy atom. The quantitative estimate of drug-likeness (QED) is 0.828. The third kappa shape index (κ3) is 2.83. The third-order valence-corrected chi connectivity index (χ3v) is 5.40. The van der Waals surface area contributed by atoms with Crippen molar-refractivity contribution in [2.75, 3.05) is 0 Å². The molecule has 1 aliphatic rings. The van der Waals surface area contributed by atoms with Crippen LogP contribution in [0.4, 0.5) is 4.39 Å². The lowest BCUT2D eigenvalue weighted by atomic mass is 9.94. The summed E-state index contributed by atoms with van der Waals surface area (Å²) in [6, 6.07) is 8.73. The Balaban J connectivity index is 1.90. The molecule has 2 N–H and O–H groups in total. The number of nitrogens with two attached hydrogens (primary N) is 1. The predicted octanol–water partition coefficient (Wildman–Crippen LogP) is 4.71. The van der Waals surface area contributed by atoms with Crippen LogP contribution in [0.5, 0.6) is 5.75 Å². The Kier molecular flexibility index (Phi) is 3.54. The summed E-state index contributed by atoms with van der Waals surface area (Å²) in [4.78, 5) is 2.48. The van der Waals surface area contributed by atoms with Crippen molar-refractivity contribution in [2.45, 2.75) is 44.8 Å². The van der Waals surface area contributed by atoms with Gasteiger partial charge in [0.15, 0.2) is 0 Å². The van der Waals surface area contributed by atoms with Crippen molar-refractivity contribution in [1.82, 2.24) is 0 Å². The Morgan fingerprint density at radius 1 is 1.24 bits per heavy atom. The second kappa shape index (κ2) is 5.11. The summed E-state index contributed by atoms with van der Waals surface area (Å²) in [5.74, 6) is 0.285. The lowest BCUT2D eigenvalue weighted by Crippen LogP contribution is -2.23. The van der Waals surface area contributed by atoms with Gasteiger partial charge >= 0.3 is 0 Å². The third-order valence-electron chi connectivity index (χ3n) is 3.80. The Bertz CT molecular complexity index is 659. The first kappa shape index (κ1) is 14.5. The molecule has 0 aliphatic carbocycles. The SMILES string of the molecule is CC(C)(C)c1ccc(C2C[C@H](N)c3ccc(F)cc3O2)s1. The van der Waals surface area contributed by atoms with Crippen LogP contribution < -0.4 is 10.5 Å². The monoisotopic (exact) mass is 305 g/mol. The zero-order valence-corrected chi connectivity index (χ0v) is 13.3. The molecule has 0 radical (unpaired) electrons. The molecular formula is C17H20FNOS. The molecule has 1 aliphatic heterocycles. The maximum atomic E-state index is 13.4. The van der Waals surface area contributed by atoms with Gasteiger partial charge in [-0.2, -0.15) is 0 Å². The highest BCUT2D eigenvalue weighted by atomic mass is 32.1. The van der Waals surface area contributed by atoms with E-state index in [4.69, 9.17) is 10.5 Å². The zero-order valence-electron chi connectivity index (χ0n) is 12.5. The van der Waals surface area contributed by atoms with Crippen molar-refractivity contribution in [3.8, 4) is 5.75 Å². The van der Waals surface area contributed by atoms with Crippen LogP contribution in [-0.4, -0.2) is 0 Å². The van der Waals surface area contributed by atoms with Crippen LogP contribution in [0, 0.1) is 5.82 Å². The number of benzene rings is 1. The van der Waals surface area contributed by atoms with Gasteiger partial charge in [-0.3, -0.25) is 0 Å².